The first-order chi connectivity index (χ1) is 56.6. The Morgan fingerprint density at radius 1 is 0.265 bits per heavy atom. The molecule has 20 aromatic rings. The van der Waals surface area contributed by atoms with Crippen molar-refractivity contribution in [1.29, 1.82) is 0 Å². The van der Waals surface area contributed by atoms with E-state index in [1.807, 2.05) is 13.0 Å². The maximum absolute atomic E-state index is 6.26. The molecule has 0 unspecified atom stereocenters. The van der Waals surface area contributed by atoms with E-state index in [9.17, 15) is 0 Å². The molecule has 0 amide bonds. The first kappa shape index (κ1) is 76.3. The maximum atomic E-state index is 6.26. The molecule has 0 saturated heterocycles. The third kappa shape index (κ3) is 14.6. The van der Waals surface area contributed by atoms with Gasteiger partial charge in [-0.25, -0.2) is 28.2 Å². The van der Waals surface area contributed by atoms with Crippen LogP contribution in [0.25, 0.3) is 175 Å². The molecule has 9 aromatic heterocycles. The number of nitrogens with zero attached hydrogens (tertiary/aromatic N) is 6. The summed E-state index contributed by atoms with van der Waals surface area (Å²) >= 11 is 1.80. The number of fused-ring (bicyclic) bond motifs is 13. The summed E-state index contributed by atoms with van der Waals surface area (Å²) in [6.07, 6.45) is 8.87. The molecule has 0 fully saturated rings. The highest BCUT2D eigenvalue weighted by Crippen LogP contribution is 2.44. The van der Waals surface area contributed by atoms with Crippen LogP contribution in [0, 0.1) is 83.1 Å². The molecule has 0 aliphatic heterocycles. The van der Waals surface area contributed by atoms with Gasteiger partial charge in [-0.1, -0.05) is 181 Å². The zero-order chi connectivity index (χ0) is 81.2. The SMILES string of the molecule is Cc1ccc2c(n1)oc1c(-c3cc(-c4ccccc4C)[n+](C)cc3C)cccc12.Cc1ccc2c(n1)sc1c(-c3cc(-c4ccccc4C)[n+](C)cc3C)cccc12.Cc1ccc2c3ccc(-c4cc(-c5ccccc5C)[n+](C)cc4C)cc3c3ccccc3c2c1.Cc1ccc2cc(-c3cc(-c4ccccc4C)[n+](C)cc3C)oc2c1. The maximum Gasteiger partial charge on any atom is 0.227 e. The highest BCUT2D eigenvalue weighted by atomic mass is 32.1. The standard InChI is InChI=1S/C33H28N.C26H23N2O.C26H23N2S.C23H22NO/c1-21-13-15-28-29-16-14-24(18-32(29)27-12-8-7-11-26(27)31(28)17-21)30-19-33(34(4)20-23(30)3)25-10-6-5-9-22(25)2;2*1-16-8-5-6-9-19(16)24-14-23(17(2)15-28(24)4)21-11-7-10-20-22-13-12-18(3)27-26(22)29-25(20)21;1-15-9-10-18-12-23(25-22(18)11-15)20-13-21(24(4)14-17(20)3)19-8-6-5-7-16(19)2/h5-20H,1-4H3;2*5-15H,1-4H3;5-14H,1-4H3/q4*+1. The lowest BCUT2D eigenvalue weighted by Gasteiger charge is -2.14. The molecule has 8 nitrogen and oxygen atoms in total. The Bertz CT molecular complexity index is 7120. The van der Waals surface area contributed by atoms with Gasteiger partial charge in [0.05, 0.1) is 0 Å². The van der Waals surface area contributed by atoms with Crippen molar-refractivity contribution in [1.82, 2.24) is 9.97 Å². The molecule has 0 atom stereocenters. The number of thiophene rings is 1. The van der Waals surface area contributed by atoms with E-state index < -0.39 is 0 Å². The van der Waals surface area contributed by atoms with E-state index >= 15 is 0 Å². The molecule has 9 heterocycles. The predicted octanol–water partition coefficient (Wildman–Crippen LogP) is 26.3. The smallest absolute Gasteiger partial charge is 0.227 e. The van der Waals surface area contributed by atoms with E-state index in [0.717, 1.165) is 60.4 Å². The van der Waals surface area contributed by atoms with Crippen molar-refractivity contribution in [2.45, 2.75) is 83.1 Å². The van der Waals surface area contributed by atoms with Crippen LogP contribution in [0.4, 0.5) is 0 Å². The van der Waals surface area contributed by atoms with Gasteiger partial charge in [-0.2, -0.15) is 0 Å². The Morgan fingerprint density at radius 3 is 1.22 bits per heavy atom. The molecule has 0 aliphatic carbocycles. The molecule has 0 N–H and O–H groups in total. The van der Waals surface area contributed by atoms with Gasteiger partial charge < -0.3 is 8.83 Å². The predicted molar refractivity (Wildman–Crippen MR) is 489 cm³/mol. The topological polar surface area (TPSA) is 67.6 Å². The summed E-state index contributed by atoms with van der Waals surface area (Å²) in [5.41, 5.74) is 35.6. The fraction of sp³-hybridized carbons (Fsp3) is 0.148. The Kier molecular flexibility index (Phi) is 20.5. The molecule has 572 valence electrons. The summed E-state index contributed by atoms with van der Waals surface area (Å²) in [6.45, 7) is 25.7. The Morgan fingerprint density at radius 2 is 0.667 bits per heavy atom. The zero-order valence-electron chi connectivity index (χ0n) is 69.6. The number of pyridine rings is 6. The fourth-order valence-corrected chi connectivity index (χ4v) is 18.5. The lowest BCUT2D eigenvalue weighted by Crippen LogP contribution is -2.31. The molecule has 9 heteroatoms. The zero-order valence-corrected chi connectivity index (χ0v) is 70.4. The van der Waals surface area contributed by atoms with Gasteiger partial charge in [-0.15, -0.1) is 11.3 Å². The van der Waals surface area contributed by atoms with Crippen LogP contribution in [-0.4, -0.2) is 9.97 Å². The number of aryl methyl sites for hydroxylation is 16. The van der Waals surface area contributed by atoms with Crippen LogP contribution >= 0.6 is 11.3 Å². The Hall–Kier alpha value is -13.3. The average molecular weight is 1540 g/mol. The molecule has 11 aromatic carbocycles. The van der Waals surface area contributed by atoms with E-state index in [-0.39, 0.29) is 0 Å². The molecule has 0 saturated carbocycles. The van der Waals surface area contributed by atoms with E-state index in [0.29, 0.717) is 5.71 Å². The molecule has 20 rings (SSSR count). The summed E-state index contributed by atoms with van der Waals surface area (Å²) in [7, 11) is 8.47. The summed E-state index contributed by atoms with van der Waals surface area (Å²) in [4.78, 5) is 10.5. The molecule has 0 aliphatic rings. The highest BCUT2D eigenvalue weighted by molar-refractivity contribution is 7.26. The van der Waals surface area contributed by atoms with Crippen LogP contribution in [-0.2, 0) is 28.2 Å². The van der Waals surface area contributed by atoms with Gasteiger partial charge in [0.2, 0.25) is 28.5 Å². The van der Waals surface area contributed by atoms with E-state index in [1.54, 1.807) is 11.3 Å². The molecular weight excluding hydrogens is 1450 g/mol. The number of furan rings is 2. The lowest BCUT2D eigenvalue weighted by molar-refractivity contribution is -0.660. The Labute approximate surface area is 689 Å². The van der Waals surface area contributed by atoms with Crippen molar-refractivity contribution >= 4 is 97.0 Å². The molecule has 0 radical (unpaired) electrons. The number of para-hydroxylation sites is 1. The van der Waals surface area contributed by atoms with Crippen LogP contribution in [0.15, 0.2) is 301 Å². The molecule has 117 heavy (non-hydrogen) atoms. The summed E-state index contributed by atoms with van der Waals surface area (Å²) in [6, 6.07) is 96.0. The van der Waals surface area contributed by atoms with Crippen molar-refractivity contribution in [3.63, 3.8) is 0 Å². The van der Waals surface area contributed by atoms with Crippen molar-refractivity contribution in [2.24, 2.45) is 28.2 Å². The van der Waals surface area contributed by atoms with E-state index in [1.165, 1.54) is 176 Å². The van der Waals surface area contributed by atoms with Gasteiger partial charge in [0, 0.05) is 134 Å². The van der Waals surface area contributed by atoms with Gasteiger partial charge >= 0.3 is 0 Å². The minimum Gasteiger partial charge on any atom is -0.456 e. The number of hydrogen-bond acceptors (Lipinski definition) is 5. The van der Waals surface area contributed by atoms with E-state index in [4.69, 9.17) is 13.8 Å². The van der Waals surface area contributed by atoms with Crippen molar-refractivity contribution < 1.29 is 27.1 Å². The number of rotatable bonds is 8. The van der Waals surface area contributed by atoms with Gasteiger partial charge in [0.15, 0.2) is 24.8 Å². The van der Waals surface area contributed by atoms with Crippen molar-refractivity contribution in [2.75, 3.05) is 0 Å². The van der Waals surface area contributed by atoms with Crippen LogP contribution in [0.1, 0.15) is 67.0 Å². The van der Waals surface area contributed by atoms with Gasteiger partial charge in [0.1, 0.15) is 49.9 Å². The second-order valence-electron chi connectivity index (χ2n) is 31.9. The van der Waals surface area contributed by atoms with Crippen LogP contribution in [0.3, 0.4) is 0 Å². The third-order valence-electron chi connectivity index (χ3n) is 23.4. The first-order valence-corrected chi connectivity index (χ1v) is 41.1. The second kappa shape index (κ2) is 31.5. The number of hydrogen-bond donors (Lipinski definition) is 0. The fourth-order valence-electron chi connectivity index (χ4n) is 17.3. The van der Waals surface area contributed by atoms with Gasteiger partial charge in [-0.3, -0.25) is 0 Å². The summed E-state index contributed by atoms with van der Waals surface area (Å²) in [5, 5.41) is 13.8. The average Bonchev–Trinajstić information content (AvgIpc) is 1.58. The molecule has 0 spiro atoms. The van der Waals surface area contributed by atoms with Crippen LogP contribution < -0.4 is 18.3 Å². The van der Waals surface area contributed by atoms with E-state index in [2.05, 4.69) is 413 Å². The number of benzene rings is 11. The minimum absolute atomic E-state index is 0.700. The normalized spacial score (nSPS) is 11.4. The molecule has 0 bridgehead atoms. The first-order valence-electron chi connectivity index (χ1n) is 40.3. The van der Waals surface area contributed by atoms with Crippen molar-refractivity contribution in [3.8, 4) is 89.7 Å². The largest absolute Gasteiger partial charge is 0.456 e. The molecular formula is C108H96N6O2S+4. The van der Waals surface area contributed by atoms with Crippen molar-refractivity contribution in [3.05, 3.63) is 359 Å². The van der Waals surface area contributed by atoms with Gasteiger partial charge in [0.25, 0.3) is 0 Å². The highest BCUT2D eigenvalue weighted by Gasteiger charge is 2.25. The third-order valence-corrected chi connectivity index (χ3v) is 24.6. The van der Waals surface area contributed by atoms with Crippen LogP contribution in [0.2, 0.25) is 0 Å². The van der Waals surface area contributed by atoms with Crippen LogP contribution in [0.5, 0.6) is 0 Å². The Balaban J connectivity index is 0.000000113. The quantitative estimate of drug-likeness (QED) is 0.112. The second-order valence-corrected chi connectivity index (χ2v) is 32.9. The summed E-state index contributed by atoms with van der Waals surface area (Å²) in [5.74, 6) is 0.925. The summed E-state index contributed by atoms with van der Waals surface area (Å²) < 4.78 is 22.6. The van der Waals surface area contributed by atoms with Gasteiger partial charge in [-0.05, 0) is 227 Å². The number of aromatic nitrogens is 6. The monoisotopic (exact) mass is 1540 g/mol. The lowest BCUT2D eigenvalue weighted by atomic mass is 9.90. The minimum atomic E-state index is 0.700.